The van der Waals surface area contributed by atoms with Crippen molar-refractivity contribution < 1.29 is 9.59 Å². The Morgan fingerprint density at radius 2 is 1.84 bits per heavy atom. The molecule has 130 valence electrons. The van der Waals surface area contributed by atoms with E-state index in [2.05, 4.69) is 28.1 Å². The topological polar surface area (TPSA) is 70.2 Å². The molecule has 0 aromatic heterocycles. The van der Waals surface area contributed by atoms with Gasteiger partial charge in [-0.1, -0.05) is 43.3 Å². The summed E-state index contributed by atoms with van der Waals surface area (Å²) < 4.78 is 0. The monoisotopic (exact) mass is 337 g/mol. The summed E-state index contributed by atoms with van der Waals surface area (Å²) in [5.41, 5.74) is 3.58. The van der Waals surface area contributed by atoms with Crippen LogP contribution in [0.2, 0.25) is 0 Å². The van der Waals surface area contributed by atoms with Crippen LogP contribution < -0.4 is 16.0 Å². The highest BCUT2D eigenvalue weighted by molar-refractivity contribution is 5.94. The third-order valence-corrected chi connectivity index (χ3v) is 4.43. The zero-order valence-corrected chi connectivity index (χ0v) is 14.5. The van der Waals surface area contributed by atoms with Crippen LogP contribution in [-0.4, -0.2) is 18.0 Å². The van der Waals surface area contributed by atoms with Crippen molar-refractivity contribution in [2.45, 2.75) is 38.6 Å². The quantitative estimate of drug-likeness (QED) is 0.771. The van der Waals surface area contributed by atoms with Crippen LogP contribution in [0.3, 0.4) is 0 Å². The molecule has 0 aliphatic heterocycles. The van der Waals surface area contributed by atoms with E-state index < -0.39 is 0 Å². The van der Waals surface area contributed by atoms with Crippen LogP contribution in [0.5, 0.6) is 0 Å². The summed E-state index contributed by atoms with van der Waals surface area (Å²) >= 11 is 0. The summed E-state index contributed by atoms with van der Waals surface area (Å²) in [5.74, 6) is 0.339. The molecule has 2 aromatic carbocycles. The first-order valence-electron chi connectivity index (χ1n) is 8.59. The van der Waals surface area contributed by atoms with Crippen LogP contribution in [0.1, 0.15) is 36.8 Å². The Balaban J connectivity index is 1.58. The molecule has 3 rings (SSSR count). The van der Waals surface area contributed by atoms with Gasteiger partial charge in [0.15, 0.2) is 0 Å². The molecule has 0 spiro atoms. The number of hydrogen-bond donors (Lipinski definition) is 3. The molecule has 0 bridgehead atoms. The first kappa shape index (κ1) is 17.0. The van der Waals surface area contributed by atoms with E-state index in [0.29, 0.717) is 23.7 Å². The van der Waals surface area contributed by atoms with Crippen LogP contribution in [0.4, 0.5) is 16.2 Å². The molecule has 5 nitrogen and oxygen atoms in total. The predicted octanol–water partition coefficient (Wildman–Crippen LogP) is 4.02. The van der Waals surface area contributed by atoms with Gasteiger partial charge >= 0.3 is 6.03 Å². The number of anilines is 2. The minimum atomic E-state index is -0.217. The van der Waals surface area contributed by atoms with Gasteiger partial charge in [0.25, 0.3) is 0 Å². The summed E-state index contributed by atoms with van der Waals surface area (Å²) in [6.07, 6.45) is 1.38. The zero-order chi connectivity index (χ0) is 17.8. The molecule has 1 aliphatic rings. The number of carbonyl (C=O) groups is 2. The van der Waals surface area contributed by atoms with E-state index in [1.165, 1.54) is 5.56 Å². The van der Waals surface area contributed by atoms with Crippen molar-refractivity contribution in [3.05, 3.63) is 59.7 Å². The lowest BCUT2D eigenvalue weighted by molar-refractivity contribution is -0.115. The minimum Gasteiger partial charge on any atom is -0.334 e. The smallest absolute Gasteiger partial charge is 0.319 e. The van der Waals surface area contributed by atoms with Crippen molar-refractivity contribution in [3.63, 3.8) is 0 Å². The fraction of sp³-hybridized carbons (Fsp3) is 0.300. The van der Waals surface area contributed by atoms with Gasteiger partial charge in [-0.25, -0.2) is 4.79 Å². The van der Waals surface area contributed by atoms with Gasteiger partial charge in [-0.3, -0.25) is 4.79 Å². The molecule has 1 fully saturated rings. The summed E-state index contributed by atoms with van der Waals surface area (Å²) in [6, 6.07) is 15.7. The second kappa shape index (κ2) is 7.38. The Morgan fingerprint density at radius 3 is 2.56 bits per heavy atom. The van der Waals surface area contributed by atoms with E-state index in [1.807, 2.05) is 37.3 Å². The molecule has 1 aliphatic carbocycles. The van der Waals surface area contributed by atoms with Gasteiger partial charge in [-0.2, -0.15) is 0 Å². The third-order valence-electron chi connectivity index (χ3n) is 4.43. The summed E-state index contributed by atoms with van der Waals surface area (Å²) in [7, 11) is 0. The summed E-state index contributed by atoms with van der Waals surface area (Å²) in [4.78, 5) is 23.8. The second-order valence-electron chi connectivity index (χ2n) is 6.39. The molecule has 3 amide bonds. The average molecular weight is 337 g/mol. The van der Waals surface area contributed by atoms with Crippen LogP contribution in [0.15, 0.2) is 48.5 Å². The number of urea groups is 1. The molecule has 0 saturated heterocycles. The first-order chi connectivity index (χ1) is 12.1. The van der Waals surface area contributed by atoms with Crippen molar-refractivity contribution in [2.24, 2.45) is 0 Å². The highest BCUT2D eigenvalue weighted by Gasteiger charge is 2.39. The highest BCUT2D eigenvalue weighted by atomic mass is 16.2. The molecule has 2 aromatic rings. The summed E-state index contributed by atoms with van der Waals surface area (Å²) in [5, 5.41) is 8.70. The lowest BCUT2D eigenvalue weighted by Gasteiger charge is -2.12. The number of nitrogens with one attached hydrogen (secondary N) is 3. The van der Waals surface area contributed by atoms with Crippen molar-refractivity contribution in [3.8, 4) is 0 Å². The number of carbonyl (C=O) groups excluding carboxylic acids is 2. The number of aryl methyl sites for hydroxylation is 1. The Kier molecular flexibility index (Phi) is 5.03. The van der Waals surface area contributed by atoms with E-state index >= 15 is 0 Å². The van der Waals surface area contributed by atoms with Gasteiger partial charge in [0.2, 0.25) is 5.91 Å². The predicted molar refractivity (Wildman–Crippen MR) is 99.8 cm³/mol. The second-order valence-corrected chi connectivity index (χ2v) is 6.39. The van der Waals surface area contributed by atoms with Gasteiger partial charge in [0.05, 0.1) is 0 Å². The molecule has 1 saturated carbocycles. The van der Waals surface area contributed by atoms with Crippen LogP contribution in [0.25, 0.3) is 0 Å². The Morgan fingerprint density at radius 1 is 1.08 bits per heavy atom. The van der Waals surface area contributed by atoms with E-state index in [4.69, 9.17) is 0 Å². The SMILES string of the molecule is CCC(=O)Nc1ccc(C)c(NC(=O)NC2CC2c2ccccc2)c1. The van der Waals surface area contributed by atoms with Gasteiger partial charge in [0, 0.05) is 29.8 Å². The average Bonchev–Trinajstić information content (AvgIpc) is 3.37. The minimum absolute atomic E-state index is 0.0528. The molecule has 0 heterocycles. The molecule has 5 heteroatoms. The van der Waals surface area contributed by atoms with Gasteiger partial charge in [-0.05, 0) is 36.6 Å². The molecular formula is C20H23N3O2. The Bertz CT molecular complexity index is 774. The van der Waals surface area contributed by atoms with E-state index in [1.54, 1.807) is 13.0 Å². The maximum Gasteiger partial charge on any atom is 0.319 e. The maximum absolute atomic E-state index is 12.3. The summed E-state index contributed by atoms with van der Waals surface area (Å²) in [6.45, 7) is 3.72. The number of amides is 3. The van der Waals surface area contributed by atoms with Gasteiger partial charge < -0.3 is 16.0 Å². The van der Waals surface area contributed by atoms with Crippen molar-refractivity contribution in [1.29, 1.82) is 0 Å². The number of benzene rings is 2. The van der Waals surface area contributed by atoms with Crippen molar-refractivity contribution in [1.82, 2.24) is 5.32 Å². The van der Waals surface area contributed by atoms with Crippen LogP contribution >= 0.6 is 0 Å². The van der Waals surface area contributed by atoms with Crippen LogP contribution in [0, 0.1) is 6.92 Å². The molecular weight excluding hydrogens is 314 g/mol. The fourth-order valence-corrected chi connectivity index (χ4v) is 2.83. The highest BCUT2D eigenvalue weighted by Crippen LogP contribution is 2.40. The molecule has 2 unspecified atom stereocenters. The third kappa shape index (κ3) is 4.38. The van der Waals surface area contributed by atoms with E-state index in [0.717, 1.165) is 12.0 Å². The number of rotatable bonds is 5. The molecule has 25 heavy (non-hydrogen) atoms. The standard InChI is InChI=1S/C20H23N3O2/c1-3-19(24)21-15-10-9-13(2)17(11-15)22-20(25)23-18-12-16(18)14-7-5-4-6-8-14/h4-11,16,18H,3,12H2,1-2H3,(H,21,24)(H2,22,23,25). The molecule has 3 N–H and O–H groups in total. The Hall–Kier alpha value is -2.82. The van der Waals surface area contributed by atoms with E-state index in [9.17, 15) is 9.59 Å². The zero-order valence-electron chi connectivity index (χ0n) is 14.5. The van der Waals surface area contributed by atoms with Crippen molar-refractivity contribution in [2.75, 3.05) is 10.6 Å². The molecule has 0 radical (unpaired) electrons. The largest absolute Gasteiger partial charge is 0.334 e. The normalized spacial score (nSPS) is 18.3. The maximum atomic E-state index is 12.3. The first-order valence-corrected chi connectivity index (χ1v) is 8.59. The lowest BCUT2D eigenvalue weighted by atomic mass is 10.1. The van der Waals surface area contributed by atoms with Gasteiger partial charge in [-0.15, -0.1) is 0 Å². The lowest BCUT2D eigenvalue weighted by Crippen LogP contribution is -2.31. The van der Waals surface area contributed by atoms with Crippen molar-refractivity contribution >= 4 is 23.3 Å². The van der Waals surface area contributed by atoms with Crippen LogP contribution in [-0.2, 0) is 4.79 Å². The number of hydrogen-bond acceptors (Lipinski definition) is 2. The fourth-order valence-electron chi connectivity index (χ4n) is 2.83. The van der Waals surface area contributed by atoms with E-state index in [-0.39, 0.29) is 18.0 Å². The van der Waals surface area contributed by atoms with Gasteiger partial charge in [0.1, 0.15) is 0 Å². The Labute approximate surface area is 147 Å². The molecule has 2 atom stereocenters.